The molecule has 0 fully saturated rings. The zero-order chi connectivity index (χ0) is 12.5. The first kappa shape index (κ1) is 14.4. The summed E-state index contributed by atoms with van der Waals surface area (Å²) in [5.74, 6) is 2.77. The lowest BCUT2D eigenvalue weighted by molar-refractivity contribution is 0.401. The molecule has 1 atom stereocenters. The van der Waals surface area contributed by atoms with Crippen LogP contribution in [0.3, 0.4) is 0 Å². The van der Waals surface area contributed by atoms with Crippen molar-refractivity contribution in [3.8, 4) is 5.75 Å². The van der Waals surface area contributed by atoms with E-state index in [2.05, 4.69) is 18.4 Å². The van der Waals surface area contributed by atoms with Gasteiger partial charge >= 0.3 is 0 Å². The molecule has 0 aromatic heterocycles. The van der Waals surface area contributed by atoms with Crippen LogP contribution in [0, 0.1) is 5.92 Å². The topological polar surface area (TPSA) is 35.2 Å². The minimum absolute atomic E-state index is 0.568. The van der Waals surface area contributed by atoms with E-state index >= 15 is 0 Å². The number of hydrogen-bond donors (Lipinski definition) is 1. The average Bonchev–Trinajstić information content (AvgIpc) is 2.38. The number of thioether (sulfide) groups is 1. The summed E-state index contributed by atoms with van der Waals surface area (Å²) in [6.45, 7) is 0.756. The number of para-hydroxylation sites is 1. The van der Waals surface area contributed by atoms with Gasteiger partial charge in [0.25, 0.3) is 0 Å². The van der Waals surface area contributed by atoms with Crippen LogP contribution in [0.2, 0.25) is 0 Å². The van der Waals surface area contributed by atoms with Gasteiger partial charge in [-0.15, -0.1) is 0 Å². The largest absolute Gasteiger partial charge is 0.496 e. The normalized spacial score (nSPS) is 12.4. The van der Waals surface area contributed by atoms with Crippen molar-refractivity contribution in [1.82, 2.24) is 0 Å². The molecule has 17 heavy (non-hydrogen) atoms. The number of rotatable bonds is 8. The SMILES string of the molecule is COc1ccccc1CC(CN)CCCSC. The van der Waals surface area contributed by atoms with Gasteiger partial charge in [-0.3, -0.25) is 0 Å². The second-order valence-electron chi connectivity index (χ2n) is 4.25. The molecule has 0 radical (unpaired) electrons. The van der Waals surface area contributed by atoms with Crippen LogP contribution in [0.15, 0.2) is 24.3 Å². The molecule has 0 aliphatic carbocycles. The summed E-state index contributed by atoms with van der Waals surface area (Å²) in [5, 5.41) is 0. The van der Waals surface area contributed by atoms with E-state index in [0.29, 0.717) is 5.92 Å². The van der Waals surface area contributed by atoms with Crippen LogP contribution < -0.4 is 10.5 Å². The van der Waals surface area contributed by atoms with Gasteiger partial charge in [-0.25, -0.2) is 0 Å². The molecule has 1 aromatic rings. The predicted octanol–water partition coefficient (Wildman–Crippen LogP) is 2.96. The lowest BCUT2D eigenvalue weighted by Crippen LogP contribution is -2.17. The van der Waals surface area contributed by atoms with Crippen LogP contribution in [-0.4, -0.2) is 25.7 Å². The van der Waals surface area contributed by atoms with Crippen LogP contribution >= 0.6 is 11.8 Å². The Kier molecular flexibility index (Phi) is 7.13. The predicted molar refractivity (Wildman–Crippen MR) is 76.9 cm³/mol. The third-order valence-electron chi connectivity index (χ3n) is 3.00. The Morgan fingerprint density at radius 2 is 2.12 bits per heavy atom. The van der Waals surface area contributed by atoms with Gasteiger partial charge in [0.1, 0.15) is 5.75 Å². The first-order valence-corrected chi connectivity index (χ1v) is 7.52. The minimum Gasteiger partial charge on any atom is -0.496 e. The van der Waals surface area contributed by atoms with Crippen LogP contribution in [-0.2, 0) is 6.42 Å². The van der Waals surface area contributed by atoms with Gasteiger partial charge in [-0.2, -0.15) is 11.8 Å². The van der Waals surface area contributed by atoms with Gasteiger partial charge in [0.15, 0.2) is 0 Å². The molecule has 0 spiro atoms. The van der Waals surface area contributed by atoms with E-state index in [-0.39, 0.29) is 0 Å². The van der Waals surface area contributed by atoms with Crippen molar-refractivity contribution in [3.05, 3.63) is 29.8 Å². The third-order valence-corrected chi connectivity index (χ3v) is 3.69. The summed E-state index contributed by atoms with van der Waals surface area (Å²) in [5.41, 5.74) is 7.12. The van der Waals surface area contributed by atoms with E-state index in [0.717, 1.165) is 18.7 Å². The molecule has 2 N–H and O–H groups in total. The zero-order valence-electron chi connectivity index (χ0n) is 10.8. The summed E-state index contributed by atoms with van der Waals surface area (Å²) in [4.78, 5) is 0. The summed E-state index contributed by atoms with van der Waals surface area (Å²) in [7, 11) is 1.73. The third kappa shape index (κ3) is 5.00. The molecule has 0 saturated heterocycles. The average molecular weight is 253 g/mol. The fourth-order valence-corrected chi connectivity index (χ4v) is 2.46. The minimum atomic E-state index is 0.568. The first-order chi connectivity index (χ1) is 8.31. The van der Waals surface area contributed by atoms with Gasteiger partial charge in [-0.1, -0.05) is 18.2 Å². The van der Waals surface area contributed by atoms with Crippen molar-refractivity contribution in [2.24, 2.45) is 11.7 Å². The van der Waals surface area contributed by atoms with Crippen LogP contribution in [0.5, 0.6) is 5.75 Å². The van der Waals surface area contributed by atoms with Crippen LogP contribution in [0.25, 0.3) is 0 Å². The lowest BCUT2D eigenvalue weighted by atomic mass is 9.94. The molecule has 2 nitrogen and oxygen atoms in total. The number of ether oxygens (including phenoxy) is 1. The molecule has 1 rings (SSSR count). The van der Waals surface area contributed by atoms with Crippen molar-refractivity contribution in [2.45, 2.75) is 19.3 Å². The van der Waals surface area contributed by atoms with E-state index in [1.165, 1.54) is 24.2 Å². The van der Waals surface area contributed by atoms with Crippen molar-refractivity contribution in [1.29, 1.82) is 0 Å². The molecular weight excluding hydrogens is 230 g/mol. The fraction of sp³-hybridized carbons (Fsp3) is 0.571. The number of hydrogen-bond acceptors (Lipinski definition) is 3. The first-order valence-electron chi connectivity index (χ1n) is 6.12. The fourth-order valence-electron chi connectivity index (χ4n) is 2.00. The maximum absolute atomic E-state index is 5.85. The second kappa shape index (κ2) is 8.43. The zero-order valence-corrected chi connectivity index (χ0v) is 11.6. The smallest absolute Gasteiger partial charge is 0.122 e. The Balaban J connectivity index is 2.54. The van der Waals surface area contributed by atoms with E-state index in [1.54, 1.807) is 7.11 Å². The maximum atomic E-state index is 5.85. The maximum Gasteiger partial charge on any atom is 0.122 e. The van der Waals surface area contributed by atoms with Crippen LogP contribution in [0.1, 0.15) is 18.4 Å². The number of benzene rings is 1. The standard InChI is InChI=1S/C14H23NOS/c1-16-14-8-4-3-7-13(14)10-12(11-15)6-5-9-17-2/h3-4,7-8,12H,5-6,9-11,15H2,1-2H3. The highest BCUT2D eigenvalue weighted by Crippen LogP contribution is 2.22. The molecule has 0 aliphatic rings. The second-order valence-corrected chi connectivity index (χ2v) is 5.24. The van der Waals surface area contributed by atoms with Crippen molar-refractivity contribution in [3.63, 3.8) is 0 Å². The van der Waals surface area contributed by atoms with Gasteiger partial charge in [-0.05, 0) is 55.4 Å². The Morgan fingerprint density at radius 1 is 1.35 bits per heavy atom. The lowest BCUT2D eigenvalue weighted by Gasteiger charge is -2.16. The van der Waals surface area contributed by atoms with Gasteiger partial charge in [0.05, 0.1) is 7.11 Å². The summed E-state index contributed by atoms with van der Waals surface area (Å²) in [6.07, 6.45) is 5.63. The summed E-state index contributed by atoms with van der Waals surface area (Å²) >= 11 is 1.90. The summed E-state index contributed by atoms with van der Waals surface area (Å²) in [6, 6.07) is 8.22. The molecule has 0 heterocycles. The van der Waals surface area contributed by atoms with Crippen LogP contribution in [0.4, 0.5) is 0 Å². The summed E-state index contributed by atoms with van der Waals surface area (Å²) < 4.78 is 5.37. The highest BCUT2D eigenvalue weighted by atomic mass is 32.2. The van der Waals surface area contributed by atoms with Crippen molar-refractivity contribution < 1.29 is 4.74 Å². The molecule has 0 saturated carbocycles. The van der Waals surface area contributed by atoms with E-state index in [9.17, 15) is 0 Å². The van der Waals surface area contributed by atoms with Crippen molar-refractivity contribution in [2.75, 3.05) is 25.7 Å². The van der Waals surface area contributed by atoms with Crippen molar-refractivity contribution >= 4 is 11.8 Å². The molecule has 0 aliphatic heterocycles. The molecule has 96 valence electrons. The molecule has 1 unspecified atom stereocenters. The van der Waals surface area contributed by atoms with E-state index in [4.69, 9.17) is 10.5 Å². The molecule has 3 heteroatoms. The van der Waals surface area contributed by atoms with E-state index in [1.807, 2.05) is 23.9 Å². The van der Waals surface area contributed by atoms with Gasteiger partial charge < -0.3 is 10.5 Å². The Hall–Kier alpha value is -0.670. The number of methoxy groups -OCH3 is 1. The molecule has 1 aromatic carbocycles. The highest BCUT2D eigenvalue weighted by molar-refractivity contribution is 7.98. The highest BCUT2D eigenvalue weighted by Gasteiger charge is 2.10. The van der Waals surface area contributed by atoms with Gasteiger partial charge in [0.2, 0.25) is 0 Å². The number of nitrogens with two attached hydrogens (primary N) is 1. The van der Waals surface area contributed by atoms with Gasteiger partial charge in [0, 0.05) is 0 Å². The molecule has 0 bridgehead atoms. The molecular formula is C14H23NOS. The Morgan fingerprint density at radius 3 is 2.76 bits per heavy atom. The quantitative estimate of drug-likeness (QED) is 0.723. The monoisotopic (exact) mass is 253 g/mol. The molecule has 0 amide bonds. The Labute approximate surface area is 109 Å². The van der Waals surface area contributed by atoms with E-state index < -0.39 is 0 Å². The Bertz CT molecular complexity index is 317.